The molecule has 2 aromatic rings. The highest BCUT2D eigenvalue weighted by Crippen LogP contribution is 2.22. The fourth-order valence-electron chi connectivity index (χ4n) is 2.83. The maximum Gasteiger partial charge on any atom is 0.279 e. The molecule has 0 aromatic heterocycles. The van der Waals surface area contributed by atoms with Crippen LogP contribution >= 0.6 is 0 Å². The van der Waals surface area contributed by atoms with Crippen molar-refractivity contribution in [1.29, 1.82) is 0 Å². The van der Waals surface area contributed by atoms with Gasteiger partial charge in [-0.25, -0.2) is 0 Å². The monoisotopic (exact) mass is 370 g/mol. The number of quaternary nitrogens is 1. The number of hydrogen-bond acceptors (Lipinski definition) is 3. The Kier molecular flexibility index (Phi) is 7.82. The van der Waals surface area contributed by atoms with E-state index < -0.39 is 0 Å². The molecule has 3 N–H and O–H groups in total. The molecule has 0 heterocycles. The number of methoxy groups -OCH3 is 1. The van der Waals surface area contributed by atoms with Gasteiger partial charge < -0.3 is 20.3 Å². The lowest BCUT2D eigenvalue weighted by Gasteiger charge is -2.18. The van der Waals surface area contributed by atoms with Crippen LogP contribution < -0.4 is 20.3 Å². The quantitative estimate of drug-likeness (QED) is 0.631. The number of amides is 2. The molecule has 0 radical (unpaired) electrons. The van der Waals surface area contributed by atoms with Crippen molar-refractivity contribution in [2.24, 2.45) is 0 Å². The molecule has 1 atom stereocenters. The number of aryl methyl sites for hydroxylation is 1. The molecule has 6 nitrogen and oxygen atoms in total. The van der Waals surface area contributed by atoms with Crippen molar-refractivity contribution in [1.82, 2.24) is 0 Å². The zero-order valence-corrected chi connectivity index (χ0v) is 16.2. The normalized spacial score (nSPS) is 11.5. The van der Waals surface area contributed by atoms with Crippen LogP contribution in [0.1, 0.15) is 18.9 Å². The van der Waals surface area contributed by atoms with Gasteiger partial charge in [0.15, 0.2) is 13.1 Å². The van der Waals surface area contributed by atoms with Gasteiger partial charge in [-0.2, -0.15) is 0 Å². The summed E-state index contributed by atoms with van der Waals surface area (Å²) in [6.07, 6.45) is 0.884. The third-order valence-electron chi connectivity index (χ3n) is 4.14. The van der Waals surface area contributed by atoms with Crippen LogP contribution in [0.3, 0.4) is 0 Å². The first-order valence-corrected chi connectivity index (χ1v) is 9.14. The first kappa shape index (κ1) is 20.5. The SMILES string of the molecule is CCC[NH+](CC(=O)Nc1ccc(C)cc1)CC(=O)Nc1ccccc1OC. The van der Waals surface area contributed by atoms with Gasteiger partial charge in [0.2, 0.25) is 0 Å². The number of nitrogens with one attached hydrogen (secondary N) is 3. The van der Waals surface area contributed by atoms with Gasteiger partial charge in [0.25, 0.3) is 11.8 Å². The van der Waals surface area contributed by atoms with Gasteiger partial charge in [-0.05, 0) is 37.6 Å². The van der Waals surface area contributed by atoms with Crippen molar-refractivity contribution in [3.63, 3.8) is 0 Å². The minimum Gasteiger partial charge on any atom is -0.495 e. The van der Waals surface area contributed by atoms with E-state index in [0.717, 1.165) is 29.1 Å². The summed E-state index contributed by atoms with van der Waals surface area (Å²) in [5, 5.41) is 5.75. The van der Waals surface area contributed by atoms with Crippen molar-refractivity contribution in [2.75, 3.05) is 37.4 Å². The summed E-state index contributed by atoms with van der Waals surface area (Å²) in [6.45, 7) is 5.23. The molecule has 2 amide bonds. The van der Waals surface area contributed by atoms with Gasteiger partial charge in [-0.15, -0.1) is 0 Å². The maximum absolute atomic E-state index is 12.4. The number of benzene rings is 2. The lowest BCUT2D eigenvalue weighted by molar-refractivity contribution is -0.883. The molecule has 144 valence electrons. The number of rotatable bonds is 9. The molecule has 2 aromatic carbocycles. The smallest absolute Gasteiger partial charge is 0.279 e. The van der Waals surface area contributed by atoms with E-state index in [2.05, 4.69) is 10.6 Å². The van der Waals surface area contributed by atoms with Crippen LogP contribution in [0.2, 0.25) is 0 Å². The van der Waals surface area contributed by atoms with Crippen LogP contribution in [-0.4, -0.2) is 38.6 Å². The zero-order valence-electron chi connectivity index (χ0n) is 16.2. The Labute approximate surface area is 160 Å². The van der Waals surface area contributed by atoms with Gasteiger partial charge >= 0.3 is 0 Å². The van der Waals surface area contributed by atoms with E-state index in [1.165, 1.54) is 0 Å². The maximum atomic E-state index is 12.4. The highest BCUT2D eigenvalue weighted by Gasteiger charge is 2.18. The molecule has 0 aliphatic heterocycles. The average molecular weight is 370 g/mol. The standard InChI is InChI=1S/C21H27N3O3/c1-4-13-24(14-20(25)22-17-11-9-16(2)10-12-17)15-21(26)23-18-7-5-6-8-19(18)27-3/h5-12H,4,13-15H2,1-3H3,(H,22,25)(H,23,26)/p+1. The Morgan fingerprint density at radius 3 is 2.22 bits per heavy atom. The molecule has 0 fully saturated rings. The number of hydrogen-bond donors (Lipinski definition) is 3. The van der Waals surface area contributed by atoms with Gasteiger partial charge in [-0.3, -0.25) is 9.59 Å². The van der Waals surface area contributed by atoms with E-state index in [1.54, 1.807) is 19.2 Å². The molecule has 0 bridgehead atoms. The Morgan fingerprint density at radius 2 is 1.59 bits per heavy atom. The number of carbonyl (C=O) groups is 2. The Bertz CT molecular complexity index is 760. The average Bonchev–Trinajstić information content (AvgIpc) is 2.64. The summed E-state index contributed by atoms with van der Waals surface area (Å²) >= 11 is 0. The lowest BCUT2D eigenvalue weighted by Crippen LogP contribution is -3.14. The van der Waals surface area contributed by atoms with Crippen molar-refractivity contribution in [3.05, 3.63) is 54.1 Å². The third kappa shape index (κ3) is 6.75. The number of ether oxygens (including phenoxy) is 1. The Balaban J connectivity index is 1.92. The fraction of sp³-hybridized carbons (Fsp3) is 0.333. The summed E-state index contributed by atoms with van der Waals surface area (Å²) in [5.74, 6) is 0.360. The van der Waals surface area contributed by atoms with Crippen molar-refractivity contribution >= 4 is 23.2 Å². The van der Waals surface area contributed by atoms with Gasteiger partial charge in [0, 0.05) is 5.69 Å². The van der Waals surface area contributed by atoms with Crippen LogP contribution in [0.25, 0.3) is 0 Å². The van der Waals surface area contributed by atoms with Crippen molar-refractivity contribution in [3.8, 4) is 5.75 Å². The van der Waals surface area contributed by atoms with E-state index in [0.29, 0.717) is 11.4 Å². The first-order chi connectivity index (χ1) is 13.0. The number of anilines is 2. The molecule has 0 aliphatic rings. The summed E-state index contributed by atoms with van der Waals surface area (Å²) < 4.78 is 5.25. The largest absolute Gasteiger partial charge is 0.495 e. The Hall–Kier alpha value is -2.86. The highest BCUT2D eigenvalue weighted by atomic mass is 16.5. The van der Waals surface area contributed by atoms with Crippen molar-refractivity contribution < 1.29 is 19.2 Å². The predicted octanol–water partition coefficient (Wildman–Crippen LogP) is 1.88. The van der Waals surface area contributed by atoms with E-state index >= 15 is 0 Å². The first-order valence-electron chi connectivity index (χ1n) is 9.14. The molecule has 1 unspecified atom stereocenters. The summed E-state index contributed by atoms with van der Waals surface area (Å²) in [5.41, 5.74) is 2.53. The topological polar surface area (TPSA) is 71.9 Å². The predicted molar refractivity (Wildman–Crippen MR) is 107 cm³/mol. The second-order valence-electron chi connectivity index (χ2n) is 6.52. The molecule has 0 aliphatic carbocycles. The number of para-hydroxylation sites is 2. The fourth-order valence-corrected chi connectivity index (χ4v) is 2.83. The highest BCUT2D eigenvalue weighted by molar-refractivity contribution is 5.94. The minimum absolute atomic E-state index is 0.104. The van der Waals surface area contributed by atoms with Crippen LogP contribution in [0.5, 0.6) is 5.75 Å². The summed E-state index contributed by atoms with van der Waals surface area (Å²) in [6, 6.07) is 14.9. The van der Waals surface area contributed by atoms with Crippen LogP contribution in [0.4, 0.5) is 11.4 Å². The van der Waals surface area contributed by atoms with Crippen LogP contribution in [0.15, 0.2) is 48.5 Å². The molecule has 2 rings (SSSR count). The lowest BCUT2D eigenvalue weighted by atomic mass is 10.2. The second-order valence-corrected chi connectivity index (χ2v) is 6.52. The minimum atomic E-state index is -0.147. The molecule has 27 heavy (non-hydrogen) atoms. The van der Waals surface area contributed by atoms with Crippen LogP contribution in [0, 0.1) is 6.92 Å². The molecule has 6 heteroatoms. The van der Waals surface area contributed by atoms with Crippen LogP contribution in [-0.2, 0) is 9.59 Å². The molecule has 0 saturated carbocycles. The number of carbonyl (C=O) groups excluding carboxylic acids is 2. The summed E-state index contributed by atoms with van der Waals surface area (Å²) in [4.78, 5) is 25.7. The van der Waals surface area contributed by atoms with E-state index in [1.807, 2.05) is 50.2 Å². The zero-order chi connectivity index (χ0) is 19.6. The molecule has 0 saturated heterocycles. The van der Waals surface area contributed by atoms with E-state index in [-0.39, 0.29) is 24.9 Å². The van der Waals surface area contributed by atoms with Gasteiger partial charge in [0.05, 0.1) is 19.3 Å². The van der Waals surface area contributed by atoms with E-state index in [9.17, 15) is 9.59 Å². The molecular weight excluding hydrogens is 342 g/mol. The Morgan fingerprint density at radius 1 is 0.963 bits per heavy atom. The third-order valence-corrected chi connectivity index (χ3v) is 4.14. The molecule has 0 spiro atoms. The van der Waals surface area contributed by atoms with E-state index in [4.69, 9.17) is 4.74 Å². The second kappa shape index (κ2) is 10.3. The van der Waals surface area contributed by atoms with Crippen molar-refractivity contribution in [2.45, 2.75) is 20.3 Å². The summed E-state index contributed by atoms with van der Waals surface area (Å²) in [7, 11) is 1.56. The molecular formula is C21H28N3O3+. The van der Waals surface area contributed by atoms with Gasteiger partial charge in [-0.1, -0.05) is 36.8 Å². The van der Waals surface area contributed by atoms with Gasteiger partial charge in [0.1, 0.15) is 5.75 Å².